The number of ether oxygens (including phenoxy) is 2. The minimum atomic E-state index is -3.03. The van der Waals surface area contributed by atoms with Crippen LogP contribution in [-0.2, 0) is 22.5 Å². The molecule has 0 spiro atoms. The number of fused-ring (bicyclic) bond motifs is 2. The Bertz CT molecular complexity index is 1310. The van der Waals surface area contributed by atoms with E-state index in [1.54, 1.807) is 4.57 Å². The lowest BCUT2D eigenvalue weighted by Gasteiger charge is -2.11. The van der Waals surface area contributed by atoms with E-state index in [0.717, 1.165) is 19.3 Å². The number of nitrogens with one attached hydrogen (secondary N) is 1. The van der Waals surface area contributed by atoms with Crippen molar-refractivity contribution in [3.8, 4) is 5.75 Å². The molecule has 1 amide bonds. The molecular formula is C23H20ClF2N3O5. The van der Waals surface area contributed by atoms with Gasteiger partial charge in [0.15, 0.2) is 6.61 Å². The van der Waals surface area contributed by atoms with E-state index in [0.29, 0.717) is 29.7 Å². The maximum Gasteiger partial charge on any atom is 0.387 e. The third-order valence-corrected chi connectivity index (χ3v) is 5.61. The molecule has 0 unspecified atom stereocenters. The van der Waals surface area contributed by atoms with Crippen molar-refractivity contribution in [1.82, 2.24) is 9.55 Å². The number of hydrogen-bond acceptors (Lipinski definition) is 6. The molecule has 178 valence electrons. The van der Waals surface area contributed by atoms with E-state index in [9.17, 15) is 23.2 Å². The Morgan fingerprint density at radius 3 is 2.74 bits per heavy atom. The van der Waals surface area contributed by atoms with Crippen LogP contribution in [0.4, 0.5) is 14.5 Å². The van der Waals surface area contributed by atoms with Gasteiger partial charge >= 0.3 is 12.6 Å². The Morgan fingerprint density at radius 2 is 1.97 bits per heavy atom. The third-order valence-electron chi connectivity index (χ3n) is 5.32. The van der Waals surface area contributed by atoms with Crippen LogP contribution in [-0.4, -0.2) is 34.6 Å². The average Bonchev–Trinajstić information content (AvgIpc) is 3.04. The van der Waals surface area contributed by atoms with Crippen LogP contribution in [0.15, 0.2) is 41.2 Å². The van der Waals surface area contributed by atoms with E-state index < -0.39 is 25.1 Å². The lowest BCUT2D eigenvalue weighted by atomic mass is 10.1. The molecule has 11 heteroatoms. The lowest BCUT2D eigenvalue weighted by molar-refractivity contribution is -0.119. The number of nitrogens with zero attached hydrogens (tertiary/aromatic N) is 2. The van der Waals surface area contributed by atoms with Crippen LogP contribution in [0.1, 0.15) is 35.4 Å². The predicted molar refractivity (Wildman–Crippen MR) is 121 cm³/mol. The topological polar surface area (TPSA) is 99.5 Å². The van der Waals surface area contributed by atoms with Crippen molar-refractivity contribution in [3.05, 3.63) is 63.2 Å². The number of benzene rings is 2. The number of aromatic nitrogens is 2. The van der Waals surface area contributed by atoms with E-state index in [1.165, 1.54) is 36.4 Å². The monoisotopic (exact) mass is 491 g/mol. The standard InChI is InChI=1S/C23H20ClF2N3O5/c24-16-11-14(6-8-18(16)34-23(25)26)27-20(30)12-33-22(32)13-5-7-15-17(10-13)28-19-4-2-1-3-9-29(19)21(15)31/h5-8,10-11,23H,1-4,9,12H2,(H,27,30). The first-order valence-corrected chi connectivity index (χ1v) is 10.9. The van der Waals surface area contributed by atoms with Gasteiger partial charge in [-0.15, -0.1) is 0 Å². The van der Waals surface area contributed by atoms with E-state index in [2.05, 4.69) is 15.0 Å². The summed E-state index contributed by atoms with van der Waals surface area (Å²) in [4.78, 5) is 41.9. The average molecular weight is 492 g/mol. The normalized spacial score (nSPS) is 13.3. The van der Waals surface area contributed by atoms with Crippen molar-refractivity contribution in [2.45, 2.75) is 38.8 Å². The first kappa shape index (κ1) is 23.6. The van der Waals surface area contributed by atoms with Gasteiger partial charge < -0.3 is 14.8 Å². The first-order chi connectivity index (χ1) is 16.3. The van der Waals surface area contributed by atoms with Crippen molar-refractivity contribution in [2.75, 3.05) is 11.9 Å². The molecule has 1 aliphatic heterocycles. The van der Waals surface area contributed by atoms with Crippen molar-refractivity contribution in [3.63, 3.8) is 0 Å². The second-order valence-electron chi connectivity index (χ2n) is 7.68. The fourth-order valence-electron chi connectivity index (χ4n) is 3.73. The molecule has 0 bridgehead atoms. The number of esters is 1. The number of anilines is 1. The summed E-state index contributed by atoms with van der Waals surface area (Å²) < 4.78 is 35.6. The molecule has 1 N–H and O–H groups in total. The number of hydrogen-bond donors (Lipinski definition) is 1. The molecule has 1 aromatic heterocycles. The van der Waals surface area contributed by atoms with Crippen LogP contribution in [0.5, 0.6) is 5.75 Å². The zero-order valence-electron chi connectivity index (χ0n) is 17.9. The van der Waals surface area contributed by atoms with Gasteiger partial charge in [0.1, 0.15) is 11.6 Å². The Balaban J connectivity index is 1.41. The van der Waals surface area contributed by atoms with Crippen molar-refractivity contribution in [2.24, 2.45) is 0 Å². The molecule has 0 fully saturated rings. The van der Waals surface area contributed by atoms with E-state index in [-0.39, 0.29) is 27.6 Å². The van der Waals surface area contributed by atoms with E-state index in [1.807, 2.05) is 0 Å². The highest BCUT2D eigenvalue weighted by atomic mass is 35.5. The minimum absolute atomic E-state index is 0.118. The summed E-state index contributed by atoms with van der Waals surface area (Å²) in [5, 5.41) is 2.74. The highest BCUT2D eigenvalue weighted by Gasteiger charge is 2.17. The van der Waals surface area contributed by atoms with E-state index in [4.69, 9.17) is 16.3 Å². The van der Waals surface area contributed by atoms with E-state index >= 15 is 0 Å². The summed E-state index contributed by atoms with van der Waals surface area (Å²) in [7, 11) is 0. The van der Waals surface area contributed by atoms with Gasteiger partial charge in [0.2, 0.25) is 0 Å². The smallest absolute Gasteiger partial charge is 0.387 e. The highest BCUT2D eigenvalue weighted by molar-refractivity contribution is 6.32. The number of rotatable bonds is 6. The van der Waals surface area contributed by atoms with Gasteiger partial charge in [-0.2, -0.15) is 8.78 Å². The Hall–Kier alpha value is -3.53. The lowest BCUT2D eigenvalue weighted by Crippen LogP contribution is -2.25. The van der Waals surface area contributed by atoms with Gasteiger partial charge in [0.25, 0.3) is 11.5 Å². The number of aryl methyl sites for hydroxylation is 1. The Morgan fingerprint density at radius 1 is 1.15 bits per heavy atom. The zero-order valence-corrected chi connectivity index (χ0v) is 18.6. The van der Waals surface area contributed by atoms with Gasteiger partial charge in [-0.25, -0.2) is 9.78 Å². The van der Waals surface area contributed by atoms with Gasteiger partial charge in [-0.1, -0.05) is 18.0 Å². The minimum Gasteiger partial charge on any atom is -0.452 e. The summed E-state index contributed by atoms with van der Waals surface area (Å²) >= 11 is 5.85. The van der Waals surface area contributed by atoms with Gasteiger partial charge in [0.05, 0.1) is 21.5 Å². The fraction of sp³-hybridized carbons (Fsp3) is 0.304. The Labute approximate surface area is 197 Å². The van der Waals surface area contributed by atoms with Crippen LogP contribution in [0, 0.1) is 0 Å². The molecule has 0 aliphatic carbocycles. The quantitative estimate of drug-likeness (QED) is 0.519. The third kappa shape index (κ3) is 5.33. The number of carbonyl (C=O) groups is 2. The summed E-state index contributed by atoms with van der Waals surface area (Å²) in [5.74, 6) is -0.951. The maximum absolute atomic E-state index is 12.8. The summed E-state index contributed by atoms with van der Waals surface area (Å²) in [5.41, 5.74) is 0.633. The summed E-state index contributed by atoms with van der Waals surface area (Å²) in [6.07, 6.45) is 3.59. The largest absolute Gasteiger partial charge is 0.452 e. The van der Waals surface area contributed by atoms with Crippen molar-refractivity contribution in [1.29, 1.82) is 0 Å². The number of alkyl halides is 2. The molecule has 4 rings (SSSR count). The molecule has 0 radical (unpaired) electrons. The summed E-state index contributed by atoms with van der Waals surface area (Å²) in [6, 6.07) is 8.20. The second-order valence-corrected chi connectivity index (χ2v) is 8.08. The molecule has 0 atom stereocenters. The molecule has 2 heterocycles. The number of halogens is 3. The SMILES string of the molecule is O=C(COC(=O)c1ccc2c(=O)n3c(nc2c1)CCCCC3)Nc1ccc(OC(F)F)c(Cl)c1. The maximum atomic E-state index is 12.8. The molecule has 3 aromatic rings. The number of carbonyl (C=O) groups excluding carboxylic acids is 2. The Kier molecular flexibility index (Phi) is 7.06. The molecule has 34 heavy (non-hydrogen) atoms. The predicted octanol–water partition coefficient (Wildman–Crippen LogP) is 4.17. The van der Waals surface area contributed by atoms with Crippen LogP contribution in [0.25, 0.3) is 10.9 Å². The van der Waals surface area contributed by atoms with Crippen LogP contribution in [0.2, 0.25) is 5.02 Å². The number of amides is 1. The van der Waals surface area contributed by atoms with Crippen molar-refractivity contribution < 1.29 is 27.8 Å². The van der Waals surface area contributed by atoms with Gasteiger partial charge in [-0.05, 0) is 49.2 Å². The van der Waals surface area contributed by atoms with Crippen LogP contribution < -0.4 is 15.6 Å². The van der Waals surface area contributed by atoms with Gasteiger partial charge in [0, 0.05) is 18.7 Å². The molecule has 8 nitrogen and oxygen atoms in total. The highest BCUT2D eigenvalue weighted by Crippen LogP contribution is 2.29. The molecular weight excluding hydrogens is 472 g/mol. The molecule has 0 saturated heterocycles. The van der Waals surface area contributed by atoms with Crippen LogP contribution in [0.3, 0.4) is 0 Å². The summed E-state index contributed by atoms with van der Waals surface area (Å²) in [6.45, 7) is -3.00. The fourth-order valence-corrected chi connectivity index (χ4v) is 3.95. The molecule has 0 saturated carbocycles. The first-order valence-electron chi connectivity index (χ1n) is 10.6. The molecule has 1 aliphatic rings. The second kappa shape index (κ2) is 10.2. The zero-order chi connectivity index (χ0) is 24.2. The van der Waals surface area contributed by atoms with Crippen LogP contribution >= 0.6 is 11.6 Å². The van der Waals surface area contributed by atoms with Crippen molar-refractivity contribution >= 4 is 40.1 Å². The molecule has 2 aromatic carbocycles. The van der Waals surface area contributed by atoms with Gasteiger partial charge in [-0.3, -0.25) is 14.2 Å².